The molecule has 0 bridgehead atoms. The molecule has 2 aromatic rings. The number of anilines is 1. The second-order valence-electron chi connectivity index (χ2n) is 7.72. The van der Waals surface area contributed by atoms with Crippen LogP contribution < -0.4 is 10.6 Å². The number of amides is 2. The van der Waals surface area contributed by atoms with E-state index < -0.39 is 30.4 Å². The molecule has 180 valence electrons. The Labute approximate surface area is 199 Å². The lowest BCUT2D eigenvalue weighted by molar-refractivity contribution is -0.126. The molecule has 0 saturated carbocycles. The van der Waals surface area contributed by atoms with E-state index in [1.54, 1.807) is 43.5 Å². The summed E-state index contributed by atoms with van der Waals surface area (Å²) in [6.07, 6.45) is 0.923. The van der Waals surface area contributed by atoms with Crippen molar-refractivity contribution in [3.8, 4) is 11.8 Å². The first-order chi connectivity index (χ1) is 16.3. The molecule has 0 radical (unpaired) electrons. The SMILES string of the molecule is COCCCCC(=O)Nc1ccc(C#Cc2ccc(C(=O)N[C@H](C(=O)CO)[C@@H](C)O)cc2)cc1. The van der Waals surface area contributed by atoms with Gasteiger partial charge in [0.05, 0.1) is 6.10 Å². The number of ether oxygens (including phenoxy) is 1. The molecule has 0 saturated heterocycles. The second kappa shape index (κ2) is 13.9. The Morgan fingerprint density at radius 3 is 2.09 bits per heavy atom. The largest absolute Gasteiger partial charge is 0.391 e. The molecule has 0 aliphatic carbocycles. The molecule has 8 heteroatoms. The highest BCUT2D eigenvalue weighted by molar-refractivity contribution is 5.98. The van der Waals surface area contributed by atoms with E-state index in [2.05, 4.69) is 22.5 Å². The maximum Gasteiger partial charge on any atom is 0.251 e. The Bertz CT molecular complexity index is 1020. The van der Waals surface area contributed by atoms with E-state index in [1.165, 1.54) is 6.92 Å². The molecule has 0 aliphatic heterocycles. The maximum atomic E-state index is 12.3. The summed E-state index contributed by atoms with van der Waals surface area (Å²) >= 11 is 0. The lowest BCUT2D eigenvalue weighted by Crippen LogP contribution is -2.48. The highest BCUT2D eigenvalue weighted by Gasteiger charge is 2.25. The van der Waals surface area contributed by atoms with Crippen molar-refractivity contribution in [2.45, 2.75) is 38.3 Å². The first-order valence-electron chi connectivity index (χ1n) is 11.0. The number of hydrogen-bond acceptors (Lipinski definition) is 6. The van der Waals surface area contributed by atoms with E-state index in [0.717, 1.165) is 18.4 Å². The summed E-state index contributed by atoms with van der Waals surface area (Å²) in [5, 5.41) is 23.9. The number of aliphatic hydroxyl groups excluding tert-OH is 2. The van der Waals surface area contributed by atoms with Crippen LogP contribution in [0.2, 0.25) is 0 Å². The quantitative estimate of drug-likeness (QED) is 0.296. The number of unbranched alkanes of at least 4 members (excludes halogenated alkanes) is 1. The minimum absolute atomic E-state index is 0.0421. The lowest BCUT2D eigenvalue weighted by atomic mass is 10.1. The minimum atomic E-state index is -1.18. The fraction of sp³-hybridized carbons (Fsp3) is 0.346. The van der Waals surface area contributed by atoms with Crippen LogP contribution in [0, 0.1) is 11.8 Å². The van der Waals surface area contributed by atoms with Crippen molar-refractivity contribution in [1.82, 2.24) is 5.32 Å². The van der Waals surface area contributed by atoms with Gasteiger partial charge in [0, 0.05) is 42.5 Å². The van der Waals surface area contributed by atoms with E-state index in [1.807, 2.05) is 12.1 Å². The van der Waals surface area contributed by atoms with Gasteiger partial charge in [-0.15, -0.1) is 0 Å². The van der Waals surface area contributed by atoms with E-state index in [9.17, 15) is 19.5 Å². The fourth-order valence-electron chi connectivity index (χ4n) is 3.03. The normalized spacial score (nSPS) is 12.1. The van der Waals surface area contributed by atoms with Crippen LogP contribution in [-0.4, -0.2) is 60.3 Å². The van der Waals surface area contributed by atoms with Gasteiger partial charge in [0.25, 0.3) is 5.91 Å². The lowest BCUT2D eigenvalue weighted by Gasteiger charge is -2.19. The molecule has 34 heavy (non-hydrogen) atoms. The van der Waals surface area contributed by atoms with Crippen LogP contribution in [0.25, 0.3) is 0 Å². The Morgan fingerprint density at radius 2 is 1.56 bits per heavy atom. The van der Waals surface area contributed by atoms with Crippen LogP contribution in [0.1, 0.15) is 47.7 Å². The highest BCUT2D eigenvalue weighted by atomic mass is 16.5. The van der Waals surface area contributed by atoms with Gasteiger partial charge < -0.3 is 25.6 Å². The van der Waals surface area contributed by atoms with Crippen molar-refractivity contribution in [1.29, 1.82) is 0 Å². The molecule has 0 aromatic heterocycles. The predicted octanol–water partition coefficient (Wildman–Crippen LogP) is 1.88. The number of ketones is 1. The summed E-state index contributed by atoms with van der Waals surface area (Å²) in [7, 11) is 1.64. The van der Waals surface area contributed by atoms with Gasteiger partial charge in [0.2, 0.25) is 5.91 Å². The first-order valence-corrected chi connectivity index (χ1v) is 11.0. The number of aliphatic hydroxyl groups is 2. The van der Waals surface area contributed by atoms with E-state index in [-0.39, 0.29) is 5.91 Å². The standard InChI is InChI=1S/C26H30N2O6/c1-18(30)25(23(31)17-29)28-26(33)21-12-8-19(9-13-21)6-7-20-10-14-22(15-11-20)27-24(32)5-3-4-16-34-2/h8-15,18,25,29-30H,3-5,16-17H2,1-2H3,(H,27,32)(H,28,33)/t18-,25+/m1/s1. The molecular weight excluding hydrogens is 436 g/mol. The average molecular weight is 467 g/mol. The number of methoxy groups -OCH3 is 1. The smallest absolute Gasteiger partial charge is 0.251 e. The van der Waals surface area contributed by atoms with Crippen molar-refractivity contribution >= 4 is 23.3 Å². The van der Waals surface area contributed by atoms with Crippen molar-refractivity contribution in [2.24, 2.45) is 0 Å². The van der Waals surface area contributed by atoms with E-state index in [4.69, 9.17) is 9.84 Å². The fourth-order valence-corrected chi connectivity index (χ4v) is 3.03. The number of rotatable bonds is 11. The van der Waals surface area contributed by atoms with Gasteiger partial charge in [0.1, 0.15) is 12.6 Å². The Kier molecular flexibility index (Phi) is 10.9. The third-order valence-corrected chi connectivity index (χ3v) is 4.94. The summed E-state index contributed by atoms with van der Waals surface area (Å²) in [5.41, 5.74) is 2.45. The van der Waals surface area contributed by atoms with Gasteiger partial charge >= 0.3 is 0 Å². The minimum Gasteiger partial charge on any atom is -0.391 e. The zero-order valence-corrected chi connectivity index (χ0v) is 19.3. The highest BCUT2D eigenvalue weighted by Crippen LogP contribution is 2.11. The summed E-state index contributed by atoms with van der Waals surface area (Å²) < 4.78 is 4.97. The van der Waals surface area contributed by atoms with Crippen LogP contribution in [0.4, 0.5) is 5.69 Å². The van der Waals surface area contributed by atoms with Crippen LogP contribution in [0.15, 0.2) is 48.5 Å². The van der Waals surface area contributed by atoms with Gasteiger partial charge in [-0.25, -0.2) is 0 Å². The number of hydrogen-bond donors (Lipinski definition) is 4. The summed E-state index contributed by atoms with van der Waals surface area (Å²) in [6.45, 7) is 1.24. The van der Waals surface area contributed by atoms with Crippen molar-refractivity contribution in [2.75, 3.05) is 25.6 Å². The predicted molar refractivity (Wildman–Crippen MR) is 128 cm³/mol. The monoisotopic (exact) mass is 466 g/mol. The van der Waals surface area contributed by atoms with Crippen molar-refractivity contribution in [3.63, 3.8) is 0 Å². The van der Waals surface area contributed by atoms with Gasteiger partial charge in [-0.2, -0.15) is 0 Å². The molecule has 2 amide bonds. The van der Waals surface area contributed by atoms with Crippen molar-refractivity contribution in [3.05, 3.63) is 65.2 Å². The molecule has 4 N–H and O–H groups in total. The zero-order valence-electron chi connectivity index (χ0n) is 19.3. The first kappa shape index (κ1) is 26.7. The van der Waals surface area contributed by atoms with Crippen molar-refractivity contribution < 1.29 is 29.3 Å². The zero-order chi connectivity index (χ0) is 24.9. The third kappa shape index (κ3) is 8.79. The number of nitrogens with one attached hydrogen (secondary N) is 2. The number of benzene rings is 2. The molecular formula is C26H30N2O6. The van der Waals surface area contributed by atoms with Crippen LogP contribution in [0.5, 0.6) is 0 Å². The molecule has 2 aromatic carbocycles. The molecule has 0 heterocycles. The molecule has 2 atom stereocenters. The molecule has 2 rings (SSSR count). The Hall–Kier alpha value is -3.51. The summed E-state index contributed by atoms with van der Waals surface area (Å²) in [6, 6.07) is 12.5. The third-order valence-electron chi connectivity index (χ3n) is 4.94. The molecule has 0 unspecified atom stereocenters. The van der Waals surface area contributed by atoms with Crippen LogP contribution in [-0.2, 0) is 14.3 Å². The van der Waals surface area contributed by atoms with Gasteiger partial charge in [0.15, 0.2) is 5.78 Å². The Balaban J connectivity index is 1.93. The number of carbonyl (C=O) groups excluding carboxylic acids is 3. The van der Waals surface area contributed by atoms with Crippen LogP contribution in [0.3, 0.4) is 0 Å². The maximum absolute atomic E-state index is 12.3. The number of Topliss-reactive ketones (excluding diaryl/α,β-unsaturated/α-hetero) is 1. The number of carbonyl (C=O) groups is 3. The summed E-state index contributed by atoms with van der Waals surface area (Å²) in [5.74, 6) is 4.78. The topological polar surface area (TPSA) is 125 Å². The van der Waals surface area contributed by atoms with Crippen LogP contribution >= 0.6 is 0 Å². The molecule has 0 aliphatic rings. The van der Waals surface area contributed by atoms with E-state index in [0.29, 0.717) is 29.8 Å². The second-order valence-corrected chi connectivity index (χ2v) is 7.72. The molecule has 0 fully saturated rings. The van der Waals surface area contributed by atoms with Gasteiger partial charge in [-0.3, -0.25) is 14.4 Å². The molecule has 8 nitrogen and oxygen atoms in total. The van der Waals surface area contributed by atoms with Gasteiger partial charge in [-0.1, -0.05) is 11.8 Å². The average Bonchev–Trinajstić information content (AvgIpc) is 2.84. The van der Waals surface area contributed by atoms with E-state index >= 15 is 0 Å². The summed E-state index contributed by atoms with van der Waals surface area (Å²) in [4.78, 5) is 35.9. The Morgan fingerprint density at radius 1 is 0.971 bits per heavy atom. The molecule has 0 spiro atoms. The van der Waals surface area contributed by atoms with Gasteiger partial charge in [-0.05, 0) is 68.3 Å².